The first kappa shape index (κ1) is 22.3. The van der Waals surface area contributed by atoms with Crippen molar-refractivity contribution in [1.29, 1.82) is 5.26 Å². The summed E-state index contributed by atoms with van der Waals surface area (Å²) in [5.41, 5.74) is 5.46. The molecule has 0 unspecified atom stereocenters. The summed E-state index contributed by atoms with van der Waals surface area (Å²) in [5, 5.41) is 13.3. The monoisotopic (exact) mass is 409 g/mol. The van der Waals surface area contributed by atoms with Crippen LogP contribution in [0.25, 0.3) is 0 Å². The van der Waals surface area contributed by atoms with Crippen molar-refractivity contribution in [2.24, 2.45) is 11.1 Å². The first-order valence-electron chi connectivity index (χ1n) is 11.1. The Morgan fingerprint density at radius 1 is 1.10 bits per heavy atom. The molecule has 1 radical (unpaired) electrons. The molecule has 2 aliphatic rings. The van der Waals surface area contributed by atoms with E-state index in [1.807, 2.05) is 30.3 Å². The maximum absolute atomic E-state index is 13.4. The Labute approximate surface area is 179 Å². The number of benzene rings is 1. The molecule has 1 saturated heterocycles. The van der Waals surface area contributed by atoms with E-state index in [1.165, 1.54) is 0 Å². The summed E-state index contributed by atoms with van der Waals surface area (Å²) in [6, 6.07) is 12.5. The van der Waals surface area contributed by atoms with Crippen molar-refractivity contribution in [2.45, 2.75) is 63.3 Å². The third-order valence-electron chi connectivity index (χ3n) is 6.89. The van der Waals surface area contributed by atoms with Crippen LogP contribution in [-0.4, -0.2) is 41.9 Å². The molecule has 0 atom stereocenters. The molecular formula is C24H33N4O2. The summed E-state index contributed by atoms with van der Waals surface area (Å²) in [7, 11) is 0. The molecule has 2 amide bonds. The van der Waals surface area contributed by atoms with Crippen LogP contribution in [0.3, 0.4) is 0 Å². The zero-order chi connectivity index (χ0) is 21.5. The second-order valence-corrected chi connectivity index (χ2v) is 8.73. The van der Waals surface area contributed by atoms with Gasteiger partial charge in [0.25, 0.3) is 0 Å². The molecule has 0 aromatic heterocycles. The standard InChI is InChI=1S/C24H33N4O2/c25-19-24(14-16-27-17-15-24)28(18-10-20-7-3-1-4-8-20)21(29)9-13-23(22(26)30)11-5-2-6-12-23/h1,3-4,7-9,27H,2,5-6,10-18H2,(H2,26,30). The number of nitrogens with two attached hydrogens (primary N) is 1. The molecule has 1 aromatic rings. The fourth-order valence-corrected chi connectivity index (χ4v) is 4.88. The van der Waals surface area contributed by atoms with Crippen LogP contribution < -0.4 is 11.1 Å². The van der Waals surface area contributed by atoms with Crippen LogP contribution in [-0.2, 0) is 16.0 Å². The van der Waals surface area contributed by atoms with Crippen LogP contribution >= 0.6 is 0 Å². The lowest BCUT2D eigenvalue weighted by atomic mass is 9.70. The third-order valence-corrected chi connectivity index (χ3v) is 6.89. The van der Waals surface area contributed by atoms with Crippen molar-refractivity contribution in [3.05, 3.63) is 42.3 Å². The molecule has 6 heteroatoms. The molecule has 3 rings (SSSR count). The predicted molar refractivity (Wildman–Crippen MR) is 116 cm³/mol. The highest BCUT2D eigenvalue weighted by molar-refractivity contribution is 5.88. The highest BCUT2D eigenvalue weighted by Gasteiger charge is 2.43. The zero-order valence-electron chi connectivity index (χ0n) is 17.7. The molecule has 161 valence electrons. The van der Waals surface area contributed by atoms with Crippen molar-refractivity contribution >= 4 is 11.8 Å². The van der Waals surface area contributed by atoms with Crippen LogP contribution in [0.15, 0.2) is 30.3 Å². The van der Waals surface area contributed by atoms with E-state index < -0.39 is 11.0 Å². The van der Waals surface area contributed by atoms with Crippen molar-refractivity contribution in [3.63, 3.8) is 0 Å². The highest BCUT2D eigenvalue weighted by atomic mass is 16.2. The van der Waals surface area contributed by atoms with Gasteiger partial charge in [0.2, 0.25) is 11.8 Å². The van der Waals surface area contributed by atoms with Gasteiger partial charge >= 0.3 is 0 Å². The quantitative estimate of drug-likeness (QED) is 0.689. The van der Waals surface area contributed by atoms with Crippen LogP contribution in [0, 0.1) is 23.2 Å². The van der Waals surface area contributed by atoms with Gasteiger partial charge in [-0.2, -0.15) is 5.26 Å². The van der Waals surface area contributed by atoms with Crippen molar-refractivity contribution in [1.82, 2.24) is 10.2 Å². The van der Waals surface area contributed by atoms with Gasteiger partial charge in [0, 0.05) is 12.0 Å². The lowest BCUT2D eigenvalue weighted by molar-refractivity contribution is -0.134. The maximum atomic E-state index is 13.4. The summed E-state index contributed by atoms with van der Waals surface area (Å²) in [6.07, 6.45) is 8.43. The molecule has 1 aromatic carbocycles. The van der Waals surface area contributed by atoms with Crippen molar-refractivity contribution in [3.8, 4) is 6.07 Å². The molecule has 1 heterocycles. The second-order valence-electron chi connectivity index (χ2n) is 8.73. The number of piperidine rings is 1. The SMILES string of the molecule is N#CC1(N(CCc2ccccc2)C(=O)[CH]CC2(C(N)=O)CCCCC2)CCNCC1. The van der Waals surface area contributed by atoms with E-state index in [9.17, 15) is 14.9 Å². The minimum Gasteiger partial charge on any atom is -0.369 e. The van der Waals surface area contributed by atoms with Crippen molar-refractivity contribution in [2.75, 3.05) is 19.6 Å². The van der Waals surface area contributed by atoms with Gasteiger partial charge in [0.05, 0.1) is 12.5 Å². The minimum absolute atomic E-state index is 0.152. The topological polar surface area (TPSA) is 99.2 Å². The summed E-state index contributed by atoms with van der Waals surface area (Å²) in [6.45, 7) is 1.91. The number of hydrogen-bond acceptors (Lipinski definition) is 4. The Morgan fingerprint density at radius 2 is 1.77 bits per heavy atom. The van der Waals surface area contributed by atoms with Gasteiger partial charge in [-0.15, -0.1) is 0 Å². The molecule has 1 saturated carbocycles. The highest BCUT2D eigenvalue weighted by Crippen LogP contribution is 2.40. The molecular weight excluding hydrogens is 376 g/mol. The van der Waals surface area contributed by atoms with Crippen LogP contribution in [0.4, 0.5) is 0 Å². The average molecular weight is 410 g/mol. The van der Waals surface area contributed by atoms with E-state index >= 15 is 0 Å². The van der Waals surface area contributed by atoms with Gasteiger partial charge in [0.15, 0.2) is 0 Å². The fourth-order valence-electron chi connectivity index (χ4n) is 4.88. The van der Waals surface area contributed by atoms with Gasteiger partial charge < -0.3 is 16.0 Å². The van der Waals surface area contributed by atoms with Gasteiger partial charge in [-0.1, -0.05) is 49.6 Å². The Kier molecular flexibility index (Phi) is 7.49. The maximum Gasteiger partial charge on any atom is 0.227 e. The van der Waals surface area contributed by atoms with Crippen LogP contribution in [0.1, 0.15) is 56.9 Å². The van der Waals surface area contributed by atoms with Gasteiger partial charge in [-0.25, -0.2) is 0 Å². The van der Waals surface area contributed by atoms with E-state index in [-0.39, 0.29) is 11.8 Å². The smallest absolute Gasteiger partial charge is 0.227 e. The Balaban J connectivity index is 1.75. The summed E-state index contributed by atoms with van der Waals surface area (Å²) >= 11 is 0. The first-order chi connectivity index (χ1) is 14.5. The number of nitriles is 1. The number of amides is 2. The lowest BCUT2D eigenvalue weighted by Gasteiger charge is -2.42. The van der Waals surface area contributed by atoms with E-state index in [0.717, 1.165) is 37.7 Å². The number of primary amides is 1. The molecule has 1 aliphatic heterocycles. The molecule has 1 aliphatic carbocycles. The molecule has 2 fully saturated rings. The fraction of sp³-hybridized carbons (Fsp3) is 0.583. The van der Waals surface area contributed by atoms with E-state index in [0.29, 0.717) is 45.3 Å². The largest absolute Gasteiger partial charge is 0.369 e. The average Bonchev–Trinajstić information content (AvgIpc) is 2.79. The summed E-state index contributed by atoms with van der Waals surface area (Å²) < 4.78 is 0. The number of rotatable bonds is 8. The number of hydrogen-bond donors (Lipinski definition) is 2. The van der Waals surface area contributed by atoms with E-state index in [1.54, 1.807) is 11.3 Å². The Morgan fingerprint density at radius 3 is 2.37 bits per heavy atom. The molecule has 6 nitrogen and oxygen atoms in total. The zero-order valence-corrected chi connectivity index (χ0v) is 17.7. The lowest BCUT2D eigenvalue weighted by Crippen LogP contribution is -2.57. The number of nitrogens with zero attached hydrogens (tertiary/aromatic N) is 2. The molecule has 3 N–H and O–H groups in total. The number of carbonyl (C=O) groups is 2. The number of carbonyl (C=O) groups excluding carboxylic acids is 2. The van der Waals surface area contributed by atoms with Gasteiger partial charge in [-0.05, 0) is 57.2 Å². The predicted octanol–water partition coefficient (Wildman–Crippen LogP) is 2.73. The van der Waals surface area contributed by atoms with Gasteiger partial charge in [-0.3, -0.25) is 9.59 Å². The van der Waals surface area contributed by atoms with Crippen LogP contribution in [0.5, 0.6) is 0 Å². The van der Waals surface area contributed by atoms with Gasteiger partial charge in [0.1, 0.15) is 5.54 Å². The van der Waals surface area contributed by atoms with E-state index in [2.05, 4.69) is 11.4 Å². The van der Waals surface area contributed by atoms with Crippen LogP contribution in [0.2, 0.25) is 0 Å². The number of nitrogens with one attached hydrogen (secondary N) is 1. The second kappa shape index (κ2) is 10.1. The van der Waals surface area contributed by atoms with E-state index in [4.69, 9.17) is 5.73 Å². The summed E-state index contributed by atoms with van der Waals surface area (Å²) in [4.78, 5) is 27.3. The molecule has 0 bridgehead atoms. The molecule has 30 heavy (non-hydrogen) atoms. The minimum atomic E-state index is -0.805. The first-order valence-corrected chi connectivity index (χ1v) is 11.1. The third kappa shape index (κ3) is 5.02. The summed E-state index contributed by atoms with van der Waals surface area (Å²) in [5.74, 6) is -0.459. The Bertz CT molecular complexity index is 759. The normalized spacial score (nSPS) is 20.1. The Hall–Kier alpha value is -2.39. The van der Waals surface area contributed by atoms with Crippen molar-refractivity contribution < 1.29 is 9.59 Å². The molecule has 0 spiro atoms.